The Morgan fingerprint density at radius 3 is 2.92 bits per heavy atom. The van der Waals surface area contributed by atoms with Crippen molar-refractivity contribution < 1.29 is 9.90 Å². The second-order valence-electron chi connectivity index (χ2n) is 2.30. The maximum Gasteiger partial charge on any atom is 0.304 e. The molecule has 0 fully saturated rings. The van der Waals surface area contributed by atoms with Crippen LogP contribution in [0, 0.1) is 0 Å². The molecule has 0 bridgehead atoms. The summed E-state index contributed by atoms with van der Waals surface area (Å²) in [5.41, 5.74) is 5.33. The summed E-state index contributed by atoms with van der Waals surface area (Å²) in [5, 5.41) is 21.3. The van der Waals surface area contributed by atoms with Gasteiger partial charge in [-0.1, -0.05) is 5.21 Å². The van der Waals surface area contributed by atoms with Gasteiger partial charge in [0.15, 0.2) is 5.82 Å². The van der Waals surface area contributed by atoms with E-state index in [1.54, 1.807) is 0 Å². The van der Waals surface area contributed by atoms with E-state index in [1.807, 2.05) is 0 Å². The number of nitrogens with zero attached hydrogens (tertiary/aromatic N) is 3. The summed E-state index contributed by atoms with van der Waals surface area (Å²) in [6.07, 6.45) is -0.0734. The van der Waals surface area contributed by atoms with E-state index in [0.29, 0.717) is 5.82 Å². The third-order valence-electron chi connectivity index (χ3n) is 1.43. The summed E-state index contributed by atoms with van der Waals surface area (Å²) in [7, 11) is 0. The van der Waals surface area contributed by atoms with E-state index in [-0.39, 0.29) is 18.9 Å². The van der Waals surface area contributed by atoms with E-state index < -0.39 is 5.97 Å². The number of aromatic nitrogens is 4. The summed E-state index contributed by atoms with van der Waals surface area (Å²) in [4.78, 5) is 10.3. The third kappa shape index (κ3) is 1.99. The average Bonchev–Trinajstić information content (AvgIpc) is 2.51. The van der Waals surface area contributed by atoms with Gasteiger partial charge >= 0.3 is 5.97 Å². The first-order valence-corrected chi connectivity index (χ1v) is 3.39. The lowest BCUT2D eigenvalue weighted by Gasteiger charge is -2.05. The molecule has 1 unspecified atom stereocenters. The minimum absolute atomic E-state index is 0.0734. The highest BCUT2D eigenvalue weighted by molar-refractivity contribution is 5.67. The second kappa shape index (κ2) is 3.77. The molecule has 0 aliphatic rings. The highest BCUT2D eigenvalue weighted by Crippen LogP contribution is 2.11. The maximum absolute atomic E-state index is 10.3. The number of tetrazole rings is 1. The van der Waals surface area contributed by atoms with Crippen LogP contribution in [0.15, 0.2) is 0 Å². The summed E-state index contributed by atoms with van der Waals surface area (Å²) in [5.74, 6) is -0.934. The Kier molecular flexibility index (Phi) is 2.70. The first-order valence-electron chi connectivity index (χ1n) is 3.39. The fraction of sp³-hybridized carbons (Fsp3) is 0.600. The molecular formula is C5H9N5O2. The normalized spacial score (nSPS) is 12.8. The van der Waals surface area contributed by atoms with Gasteiger partial charge in [-0.15, -0.1) is 10.2 Å². The molecule has 1 aromatic heterocycles. The SMILES string of the molecule is NCC(CC(=O)O)c1nn[nH]n1. The molecule has 0 spiro atoms. The van der Waals surface area contributed by atoms with Crippen molar-refractivity contribution in [3.63, 3.8) is 0 Å². The smallest absolute Gasteiger partial charge is 0.304 e. The summed E-state index contributed by atoms with van der Waals surface area (Å²) in [6.45, 7) is 0.200. The molecule has 1 atom stereocenters. The van der Waals surface area contributed by atoms with E-state index in [1.165, 1.54) is 0 Å². The van der Waals surface area contributed by atoms with Gasteiger partial charge in [-0.05, 0) is 0 Å². The number of nitrogens with two attached hydrogens (primary N) is 1. The Morgan fingerprint density at radius 1 is 1.75 bits per heavy atom. The molecule has 7 heteroatoms. The van der Waals surface area contributed by atoms with Crippen molar-refractivity contribution in [1.82, 2.24) is 20.6 Å². The fourth-order valence-electron chi connectivity index (χ4n) is 0.833. The van der Waals surface area contributed by atoms with Crippen molar-refractivity contribution in [3.05, 3.63) is 5.82 Å². The summed E-state index contributed by atoms with van der Waals surface area (Å²) < 4.78 is 0. The molecule has 66 valence electrons. The molecule has 0 aliphatic heterocycles. The predicted octanol–water partition coefficient (Wildman–Crippen LogP) is -1.28. The molecule has 7 nitrogen and oxygen atoms in total. The fourth-order valence-corrected chi connectivity index (χ4v) is 0.833. The number of nitrogens with one attached hydrogen (secondary N) is 1. The number of carboxylic acids is 1. The van der Waals surface area contributed by atoms with Crippen LogP contribution in [0.2, 0.25) is 0 Å². The quantitative estimate of drug-likeness (QED) is 0.519. The number of H-pyrrole nitrogens is 1. The van der Waals surface area contributed by atoms with Gasteiger partial charge in [-0.2, -0.15) is 5.21 Å². The van der Waals surface area contributed by atoms with E-state index in [4.69, 9.17) is 10.8 Å². The molecule has 0 aromatic carbocycles. The predicted molar refractivity (Wildman–Crippen MR) is 38.2 cm³/mol. The van der Waals surface area contributed by atoms with Gasteiger partial charge in [0.05, 0.1) is 6.42 Å². The lowest BCUT2D eigenvalue weighted by molar-refractivity contribution is -0.137. The monoisotopic (exact) mass is 171 g/mol. The number of carbonyl (C=O) groups is 1. The van der Waals surface area contributed by atoms with Gasteiger partial charge in [-0.25, -0.2) is 0 Å². The van der Waals surface area contributed by atoms with Crippen molar-refractivity contribution in [2.45, 2.75) is 12.3 Å². The number of hydrogen-bond acceptors (Lipinski definition) is 5. The molecule has 0 saturated carbocycles. The van der Waals surface area contributed by atoms with Crippen LogP contribution in [-0.4, -0.2) is 38.2 Å². The zero-order valence-corrected chi connectivity index (χ0v) is 6.27. The standard InChI is InChI=1S/C5H9N5O2/c6-2-3(1-4(11)12)5-7-9-10-8-5/h3H,1-2,6H2,(H,11,12)(H,7,8,9,10). The van der Waals surface area contributed by atoms with Crippen LogP contribution in [-0.2, 0) is 4.79 Å². The highest BCUT2D eigenvalue weighted by Gasteiger charge is 2.17. The van der Waals surface area contributed by atoms with E-state index >= 15 is 0 Å². The zero-order chi connectivity index (χ0) is 8.97. The molecule has 0 aliphatic carbocycles. The van der Waals surface area contributed by atoms with Crippen molar-refractivity contribution >= 4 is 5.97 Å². The summed E-state index contributed by atoms with van der Waals surface area (Å²) in [6, 6.07) is 0. The number of aromatic amines is 1. The van der Waals surface area contributed by atoms with Crippen molar-refractivity contribution in [2.75, 3.05) is 6.54 Å². The average molecular weight is 171 g/mol. The minimum atomic E-state index is -0.921. The molecule has 4 N–H and O–H groups in total. The Hall–Kier alpha value is -1.50. The second-order valence-corrected chi connectivity index (χ2v) is 2.30. The number of aliphatic carboxylic acids is 1. The molecule has 0 radical (unpaired) electrons. The number of hydrogen-bond donors (Lipinski definition) is 3. The molecule has 1 heterocycles. The lowest BCUT2D eigenvalue weighted by Crippen LogP contribution is -2.17. The van der Waals surface area contributed by atoms with Crippen LogP contribution in [0.5, 0.6) is 0 Å². The first-order chi connectivity index (χ1) is 5.74. The molecular weight excluding hydrogens is 162 g/mol. The van der Waals surface area contributed by atoms with Crippen molar-refractivity contribution in [3.8, 4) is 0 Å². The van der Waals surface area contributed by atoms with Crippen molar-refractivity contribution in [1.29, 1.82) is 0 Å². The molecule has 0 amide bonds. The third-order valence-corrected chi connectivity index (χ3v) is 1.43. The van der Waals surface area contributed by atoms with Crippen LogP contribution in [0.25, 0.3) is 0 Å². The Labute approximate surface area is 68.0 Å². The van der Waals surface area contributed by atoms with Crippen LogP contribution in [0.4, 0.5) is 0 Å². The Balaban J connectivity index is 2.63. The van der Waals surface area contributed by atoms with Gasteiger partial charge in [0.25, 0.3) is 0 Å². The number of rotatable bonds is 4. The van der Waals surface area contributed by atoms with Crippen LogP contribution < -0.4 is 5.73 Å². The van der Waals surface area contributed by atoms with Gasteiger partial charge < -0.3 is 10.8 Å². The Morgan fingerprint density at radius 2 is 2.50 bits per heavy atom. The zero-order valence-electron chi connectivity index (χ0n) is 6.27. The topological polar surface area (TPSA) is 118 Å². The van der Waals surface area contributed by atoms with Gasteiger partial charge in [0, 0.05) is 12.5 Å². The summed E-state index contributed by atoms with van der Waals surface area (Å²) >= 11 is 0. The van der Waals surface area contributed by atoms with Gasteiger partial charge in [-0.3, -0.25) is 4.79 Å². The first kappa shape index (κ1) is 8.60. The van der Waals surface area contributed by atoms with Crippen LogP contribution in [0.3, 0.4) is 0 Å². The van der Waals surface area contributed by atoms with E-state index in [0.717, 1.165) is 0 Å². The number of carboxylic acid groups (broad SMARTS) is 1. The molecule has 1 rings (SSSR count). The van der Waals surface area contributed by atoms with Crippen LogP contribution in [0.1, 0.15) is 18.2 Å². The van der Waals surface area contributed by atoms with Crippen LogP contribution >= 0.6 is 0 Å². The van der Waals surface area contributed by atoms with E-state index in [2.05, 4.69) is 20.6 Å². The van der Waals surface area contributed by atoms with Gasteiger partial charge in [0.2, 0.25) is 0 Å². The lowest BCUT2D eigenvalue weighted by atomic mass is 10.1. The maximum atomic E-state index is 10.3. The Bertz CT molecular complexity index is 246. The minimum Gasteiger partial charge on any atom is -0.481 e. The molecule has 1 aromatic rings. The molecule has 12 heavy (non-hydrogen) atoms. The van der Waals surface area contributed by atoms with Crippen molar-refractivity contribution in [2.24, 2.45) is 5.73 Å². The highest BCUT2D eigenvalue weighted by atomic mass is 16.4. The largest absolute Gasteiger partial charge is 0.481 e. The van der Waals surface area contributed by atoms with E-state index in [9.17, 15) is 4.79 Å². The van der Waals surface area contributed by atoms with Gasteiger partial charge in [0.1, 0.15) is 0 Å². The molecule has 0 saturated heterocycles.